The number of rotatable bonds is 8. The third kappa shape index (κ3) is 4.98. The first kappa shape index (κ1) is 25.1. The van der Waals surface area contributed by atoms with Crippen molar-refractivity contribution in [2.24, 2.45) is 0 Å². The molecule has 0 bridgehead atoms. The van der Waals surface area contributed by atoms with Gasteiger partial charge in [0.05, 0.1) is 19.9 Å². The predicted molar refractivity (Wildman–Crippen MR) is 151 cm³/mol. The van der Waals surface area contributed by atoms with Crippen molar-refractivity contribution >= 4 is 28.2 Å². The van der Waals surface area contributed by atoms with Gasteiger partial charge in [-0.1, -0.05) is 54.6 Å². The lowest BCUT2D eigenvalue weighted by molar-refractivity contribution is -0.113. The highest BCUT2D eigenvalue weighted by Gasteiger charge is 2.22. The Kier molecular flexibility index (Phi) is 7.40. The third-order valence-corrected chi connectivity index (χ3v) is 6.79. The molecule has 0 atom stereocenters. The van der Waals surface area contributed by atoms with Gasteiger partial charge in [-0.3, -0.25) is 9.59 Å². The molecule has 0 saturated heterocycles. The molecular formula is C32H30N2O4. The number of hydrogen-bond acceptors (Lipinski definition) is 4. The Bertz CT molecular complexity index is 1550. The van der Waals surface area contributed by atoms with E-state index in [0.29, 0.717) is 42.0 Å². The first-order valence-corrected chi connectivity index (χ1v) is 12.7. The highest BCUT2D eigenvalue weighted by atomic mass is 16.5. The summed E-state index contributed by atoms with van der Waals surface area (Å²) < 4.78 is 10.9. The number of carbonyl (C=O) groups is 2. The number of allylic oxidation sites excluding steroid dienone is 4. The fraction of sp³-hybridized carbons (Fsp3) is 0.188. The molecule has 3 aromatic carbocycles. The van der Waals surface area contributed by atoms with Crippen molar-refractivity contribution in [3.63, 3.8) is 0 Å². The van der Waals surface area contributed by atoms with Crippen LogP contribution in [0.25, 0.3) is 27.6 Å². The van der Waals surface area contributed by atoms with Crippen molar-refractivity contribution in [1.82, 2.24) is 10.3 Å². The number of hydrogen-bond donors (Lipinski definition) is 2. The van der Waals surface area contributed by atoms with Crippen LogP contribution in [0.5, 0.6) is 11.5 Å². The summed E-state index contributed by atoms with van der Waals surface area (Å²) in [6.07, 6.45) is 7.63. The Balaban J connectivity index is 1.45. The number of ether oxygens (including phenoxy) is 2. The molecule has 6 nitrogen and oxygen atoms in total. The predicted octanol–water partition coefficient (Wildman–Crippen LogP) is 6.13. The number of amides is 1. The summed E-state index contributed by atoms with van der Waals surface area (Å²) in [5.74, 6) is 1.28. The van der Waals surface area contributed by atoms with Crippen molar-refractivity contribution in [3.05, 3.63) is 102 Å². The number of para-hydroxylation sites is 1. The molecule has 0 aliphatic heterocycles. The molecule has 1 aliphatic carbocycles. The van der Waals surface area contributed by atoms with Crippen LogP contribution in [0.2, 0.25) is 0 Å². The highest BCUT2D eigenvalue weighted by molar-refractivity contribution is 6.24. The van der Waals surface area contributed by atoms with E-state index in [4.69, 9.17) is 9.47 Å². The fourth-order valence-electron chi connectivity index (χ4n) is 4.93. The maximum absolute atomic E-state index is 13.2. The Morgan fingerprint density at radius 2 is 1.84 bits per heavy atom. The lowest BCUT2D eigenvalue weighted by Gasteiger charge is -2.13. The van der Waals surface area contributed by atoms with Crippen LogP contribution >= 0.6 is 0 Å². The molecule has 1 aliphatic rings. The van der Waals surface area contributed by atoms with E-state index >= 15 is 0 Å². The molecule has 0 unspecified atom stereocenters. The van der Waals surface area contributed by atoms with Gasteiger partial charge >= 0.3 is 0 Å². The van der Waals surface area contributed by atoms with E-state index in [9.17, 15) is 9.59 Å². The van der Waals surface area contributed by atoms with Crippen LogP contribution in [0.1, 0.15) is 34.5 Å². The molecular weight excluding hydrogens is 476 g/mol. The number of aromatic nitrogens is 1. The second-order valence-corrected chi connectivity index (χ2v) is 9.13. The summed E-state index contributed by atoms with van der Waals surface area (Å²) in [7, 11) is 3.22. The molecule has 0 radical (unpaired) electrons. The van der Waals surface area contributed by atoms with Gasteiger partial charge in [0.25, 0.3) is 5.91 Å². The largest absolute Gasteiger partial charge is 0.493 e. The summed E-state index contributed by atoms with van der Waals surface area (Å²) in [5.41, 5.74) is 5.74. The zero-order chi connectivity index (χ0) is 26.5. The van der Waals surface area contributed by atoms with Crippen LogP contribution in [0, 0.1) is 0 Å². The number of H-pyrrole nitrogens is 1. The summed E-state index contributed by atoms with van der Waals surface area (Å²) in [6.45, 7) is 0.443. The SMILES string of the molecule is COc1cccc(CCNC(=O)c2ccc3[nH]c(C4=CC=CCCC4=O)c(-c4ccccc4)c3c2)c1OC. The van der Waals surface area contributed by atoms with Crippen LogP contribution in [0.3, 0.4) is 0 Å². The molecule has 1 amide bonds. The van der Waals surface area contributed by atoms with Crippen LogP contribution in [0.4, 0.5) is 0 Å². The van der Waals surface area contributed by atoms with Crippen LogP contribution in [0.15, 0.2) is 85.0 Å². The summed E-state index contributed by atoms with van der Waals surface area (Å²) in [4.78, 5) is 29.6. The van der Waals surface area contributed by atoms with Crippen molar-refractivity contribution in [3.8, 4) is 22.6 Å². The van der Waals surface area contributed by atoms with Gasteiger partial charge in [-0.15, -0.1) is 0 Å². The number of methoxy groups -OCH3 is 2. The zero-order valence-electron chi connectivity index (χ0n) is 21.5. The standard InChI is InChI=1S/C32H30N2O4/c1-37-28-15-9-12-22(31(28)38-2)18-19-33-32(36)23-16-17-26-25(20-23)29(21-10-5-3-6-11-21)30(34-26)24-13-7-4-8-14-27(24)35/h3-7,9-13,15-17,20,34H,8,14,18-19H2,1-2H3,(H,33,36). The van der Waals surface area contributed by atoms with E-state index in [1.165, 1.54) is 0 Å². The summed E-state index contributed by atoms with van der Waals surface area (Å²) in [6, 6.07) is 21.3. The number of nitrogens with one attached hydrogen (secondary N) is 2. The lowest BCUT2D eigenvalue weighted by atomic mass is 9.95. The van der Waals surface area contributed by atoms with E-state index in [1.54, 1.807) is 14.2 Å². The second-order valence-electron chi connectivity index (χ2n) is 9.13. The monoisotopic (exact) mass is 506 g/mol. The molecule has 0 spiro atoms. The van der Waals surface area contributed by atoms with Gasteiger partial charge in [0.2, 0.25) is 0 Å². The Morgan fingerprint density at radius 1 is 1.00 bits per heavy atom. The average molecular weight is 507 g/mol. The number of fused-ring (bicyclic) bond motifs is 1. The van der Waals surface area contributed by atoms with Gasteiger partial charge in [-0.2, -0.15) is 0 Å². The van der Waals surface area contributed by atoms with E-state index in [2.05, 4.69) is 10.3 Å². The Morgan fingerprint density at radius 3 is 2.63 bits per heavy atom. The molecule has 1 heterocycles. The Labute approximate surface area is 222 Å². The van der Waals surface area contributed by atoms with Crippen molar-refractivity contribution in [2.45, 2.75) is 19.3 Å². The fourth-order valence-corrected chi connectivity index (χ4v) is 4.93. The molecule has 5 rings (SSSR count). The molecule has 4 aromatic rings. The van der Waals surface area contributed by atoms with E-state index in [0.717, 1.165) is 39.7 Å². The first-order valence-electron chi connectivity index (χ1n) is 12.7. The van der Waals surface area contributed by atoms with Gasteiger partial charge in [-0.25, -0.2) is 0 Å². The molecule has 2 N–H and O–H groups in total. The third-order valence-electron chi connectivity index (χ3n) is 6.79. The topological polar surface area (TPSA) is 80.4 Å². The number of ketones is 1. The maximum atomic E-state index is 13.2. The summed E-state index contributed by atoms with van der Waals surface area (Å²) in [5, 5.41) is 3.92. The molecule has 0 fully saturated rings. The average Bonchev–Trinajstić information content (AvgIpc) is 3.19. The molecule has 0 saturated carbocycles. The number of carbonyl (C=O) groups excluding carboxylic acids is 2. The van der Waals surface area contributed by atoms with Crippen molar-refractivity contribution < 1.29 is 19.1 Å². The molecule has 1 aromatic heterocycles. The molecule has 38 heavy (non-hydrogen) atoms. The van der Waals surface area contributed by atoms with Crippen molar-refractivity contribution in [2.75, 3.05) is 20.8 Å². The molecule has 6 heteroatoms. The van der Waals surface area contributed by atoms with Gasteiger partial charge in [0.1, 0.15) is 0 Å². The van der Waals surface area contributed by atoms with Gasteiger partial charge in [0.15, 0.2) is 17.3 Å². The normalized spacial score (nSPS) is 13.2. The smallest absolute Gasteiger partial charge is 0.251 e. The maximum Gasteiger partial charge on any atom is 0.251 e. The molecule has 192 valence electrons. The minimum absolute atomic E-state index is 0.102. The van der Waals surface area contributed by atoms with Crippen molar-refractivity contribution in [1.29, 1.82) is 0 Å². The highest BCUT2D eigenvalue weighted by Crippen LogP contribution is 2.38. The minimum atomic E-state index is -0.164. The first-order chi connectivity index (χ1) is 18.6. The number of benzene rings is 3. The van der Waals surface area contributed by atoms with Crippen LogP contribution in [-0.4, -0.2) is 37.4 Å². The van der Waals surface area contributed by atoms with Crippen LogP contribution in [-0.2, 0) is 11.2 Å². The quantitative estimate of drug-likeness (QED) is 0.301. The number of Topliss-reactive ketones (excluding diaryl/α,β-unsaturated/α-hetero) is 1. The van der Waals surface area contributed by atoms with Gasteiger partial charge < -0.3 is 19.8 Å². The van der Waals surface area contributed by atoms with Gasteiger partial charge in [-0.05, 0) is 54.3 Å². The Hall–Kier alpha value is -4.58. The van der Waals surface area contributed by atoms with Gasteiger partial charge in [0, 0.05) is 40.6 Å². The zero-order valence-corrected chi connectivity index (χ0v) is 21.5. The van der Waals surface area contributed by atoms with Crippen LogP contribution < -0.4 is 14.8 Å². The summed E-state index contributed by atoms with van der Waals surface area (Å²) >= 11 is 0. The minimum Gasteiger partial charge on any atom is -0.493 e. The number of aromatic amines is 1. The lowest BCUT2D eigenvalue weighted by Crippen LogP contribution is -2.25. The van der Waals surface area contributed by atoms with E-state index in [1.807, 2.05) is 85.0 Å². The van der Waals surface area contributed by atoms with E-state index < -0.39 is 0 Å². The second kappa shape index (κ2) is 11.2. The van der Waals surface area contributed by atoms with E-state index in [-0.39, 0.29) is 11.7 Å².